The van der Waals surface area contributed by atoms with Crippen molar-refractivity contribution in [1.82, 2.24) is 9.88 Å². The van der Waals surface area contributed by atoms with Crippen LogP contribution in [0.15, 0.2) is 47.8 Å². The van der Waals surface area contributed by atoms with Gasteiger partial charge in [-0.15, -0.1) is 11.3 Å². The highest BCUT2D eigenvalue weighted by atomic mass is 32.1. The van der Waals surface area contributed by atoms with E-state index in [1.165, 1.54) is 23.5 Å². The van der Waals surface area contributed by atoms with Gasteiger partial charge in [-0.3, -0.25) is 14.4 Å². The number of ether oxygens (including phenoxy) is 1. The number of thiophene rings is 1. The number of aromatic nitrogens is 1. The van der Waals surface area contributed by atoms with Gasteiger partial charge in [-0.25, -0.2) is 4.39 Å². The molecule has 3 rings (SSSR count). The number of amides is 1. The number of halogens is 1. The zero-order chi connectivity index (χ0) is 21.7. The minimum atomic E-state index is -0.687. The highest BCUT2D eigenvalue weighted by molar-refractivity contribution is 7.12. The molecular formula is C22H21FN2O4S. The molecule has 0 spiro atoms. The quantitative estimate of drug-likeness (QED) is 0.440. The number of nitrogens with zero attached hydrogens (tertiary/aromatic N) is 1. The van der Waals surface area contributed by atoms with E-state index in [1.54, 1.807) is 35.7 Å². The molecule has 8 heteroatoms. The van der Waals surface area contributed by atoms with E-state index in [-0.39, 0.29) is 24.1 Å². The second-order valence-electron chi connectivity index (χ2n) is 6.74. The maximum Gasteiger partial charge on any atom is 0.325 e. The molecule has 0 atom stereocenters. The summed E-state index contributed by atoms with van der Waals surface area (Å²) in [7, 11) is 0. The third-order valence-corrected chi connectivity index (χ3v) is 5.50. The third kappa shape index (κ3) is 5.21. The van der Waals surface area contributed by atoms with E-state index < -0.39 is 12.6 Å². The van der Waals surface area contributed by atoms with Crippen LogP contribution in [0.1, 0.15) is 37.0 Å². The van der Waals surface area contributed by atoms with Crippen molar-refractivity contribution in [2.45, 2.75) is 20.4 Å². The number of benzene rings is 1. The van der Waals surface area contributed by atoms with E-state index in [2.05, 4.69) is 5.32 Å². The molecule has 6 nitrogen and oxygen atoms in total. The lowest BCUT2D eigenvalue weighted by atomic mass is 10.1. The van der Waals surface area contributed by atoms with Crippen LogP contribution in [0.5, 0.6) is 0 Å². The normalized spacial score (nSPS) is 10.6. The highest BCUT2D eigenvalue weighted by Crippen LogP contribution is 2.18. The lowest BCUT2D eigenvalue weighted by molar-refractivity contribution is -0.141. The van der Waals surface area contributed by atoms with Crippen molar-refractivity contribution in [3.05, 3.63) is 81.1 Å². The third-order valence-electron chi connectivity index (χ3n) is 4.63. The van der Waals surface area contributed by atoms with Crippen molar-refractivity contribution >= 4 is 29.0 Å². The van der Waals surface area contributed by atoms with Gasteiger partial charge in [0.25, 0.3) is 5.91 Å². The van der Waals surface area contributed by atoms with Gasteiger partial charge >= 0.3 is 5.97 Å². The van der Waals surface area contributed by atoms with Crippen molar-refractivity contribution in [3.63, 3.8) is 0 Å². The van der Waals surface area contributed by atoms with Crippen molar-refractivity contribution in [1.29, 1.82) is 0 Å². The molecule has 0 aliphatic carbocycles. The van der Waals surface area contributed by atoms with Gasteiger partial charge in [0, 0.05) is 23.5 Å². The molecule has 1 aromatic carbocycles. The molecule has 0 bridgehead atoms. The molecule has 0 unspecified atom stereocenters. The molecule has 0 aliphatic rings. The number of esters is 1. The summed E-state index contributed by atoms with van der Waals surface area (Å²) in [5.41, 5.74) is 2.98. The molecule has 156 valence electrons. The van der Waals surface area contributed by atoms with E-state index in [4.69, 9.17) is 4.74 Å². The second kappa shape index (κ2) is 9.49. The Balaban J connectivity index is 1.55. The van der Waals surface area contributed by atoms with Crippen LogP contribution in [0.3, 0.4) is 0 Å². The van der Waals surface area contributed by atoms with Crippen LogP contribution in [-0.2, 0) is 16.1 Å². The van der Waals surface area contributed by atoms with Gasteiger partial charge in [0.2, 0.25) is 5.78 Å². The fourth-order valence-corrected chi connectivity index (χ4v) is 3.66. The smallest absolute Gasteiger partial charge is 0.325 e. The second-order valence-corrected chi connectivity index (χ2v) is 7.69. The Morgan fingerprint density at radius 1 is 1.13 bits per heavy atom. The standard InChI is InChI=1S/C22H21FN2O4S/c1-14-10-18(15(2)25(14)12-16-5-7-17(23)8-6-16)19(26)13-29-21(27)11-24-22(28)20-4-3-9-30-20/h3-10H,11-13H2,1-2H3,(H,24,28). The zero-order valence-corrected chi connectivity index (χ0v) is 17.4. The molecule has 2 aromatic heterocycles. The topological polar surface area (TPSA) is 77.4 Å². The maximum absolute atomic E-state index is 13.1. The van der Waals surface area contributed by atoms with Crippen molar-refractivity contribution in [2.24, 2.45) is 0 Å². The Morgan fingerprint density at radius 3 is 2.53 bits per heavy atom. The lowest BCUT2D eigenvalue weighted by Crippen LogP contribution is -2.31. The summed E-state index contributed by atoms with van der Waals surface area (Å²) in [6.07, 6.45) is 0. The number of carbonyl (C=O) groups is 3. The van der Waals surface area contributed by atoms with Crippen molar-refractivity contribution < 1.29 is 23.5 Å². The fourth-order valence-electron chi connectivity index (χ4n) is 3.02. The first-order chi connectivity index (χ1) is 14.3. The first-order valence-corrected chi connectivity index (χ1v) is 10.1. The SMILES string of the molecule is Cc1cc(C(=O)COC(=O)CNC(=O)c2cccs2)c(C)n1Cc1ccc(F)cc1. The number of carbonyl (C=O) groups excluding carboxylic acids is 3. The lowest BCUT2D eigenvalue weighted by Gasteiger charge is -2.10. The molecule has 1 amide bonds. The average Bonchev–Trinajstić information content (AvgIpc) is 3.36. The molecule has 1 N–H and O–H groups in total. The summed E-state index contributed by atoms with van der Waals surface area (Å²) >= 11 is 1.27. The molecule has 0 fully saturated rings. The van der Waals surface area contributed by atoms with Gasteiger partial charge < -0.3 is 14.6 Å². The van der Waals surface area contributed by atoms with E-state index >= 15 is 0 Å². The zero-order valence-electron chi connectivity index (χ0n) is 16.6. The summed E-state index contributed by atoms with van der Waals surface area (Å²) < 4.78 is 20.1. The van der Waals surface area contributed by atoms with Gasteiger partial charge in [-0.2, -0.15) is 0 Å². The Bertz CT molecular complexity index is 1060. The van der Waals surface area contributed by atoms with Crippen molar-refractivity contribution in [2.75, 3.05) is 13.2 Å². The molecular weight excluding hydrogens is 407 g/mol. The van der Waals surface area contributed by atoms with Gasteiger partial charge in [-0.05, 0) is 49.1 Å². The molecule has 3 aromatic rings. The molecule has 30 heavy (non-hydrogen) atoms. The molecule has 2 heterocycles. The predicted molar refractivity (Wildman–Crippen MR) is 111 cm³/mol. The van der Waals surface area contributed by atoms with Crippen LogP contribution in [0, 0.1) is 19.7 Å². The van der Waals surface area contributed by atoms with Crippen LogP contribution in [0.2, 0.25) is 0 Å². The van der Waals surface area contributed by atoms with E-state index in [0.29, 0.717) is 17.0 Å². The summed E-state index contributed by atoms with van der Waals surface area (Å²) in [6.45, 7) is 3.47. The van der Waals surface area contributed by atoms with Gasteiger partial charge in [0.05, 0.1) is 4.88 Å². The van der Waals surface area contributed by atoms with Crippen LogP contribution < -0.4 is 5.32 Å². The van der Waals surface area contributed by atoms with Crippen LogP contribution >= 0.6 is 11.3 Å². The Labute approximate surface area is 177 Å². The Morgan fingerprint density at radius 2 is 1.87 bits per heavy atom. The van der Waals surface area contributed by atoms with Crippen LogP contribution in [-0.4, -0.2) is 35.4 Å². The van der Waals surface area contributed by atoms with Gasteiger partial charge in [0.1, 0.15) is 12.4 Å². The van der Waals surface area contributed by atoms with E-state index in [1.807, 2.05) is 18.4 Å². The number of Topliss-reactive ketones (excluding diaryl/α,β-unsaturated/α-hetero) is 1. The Hall–Kier alpha value is -3.26. The van der Waals surface area contributed by atoms with Crippen LogP contribution in [0.4, 0.5) is 4.39 Å². The number of nitrogens with one attached hydrogen (secondary N) is 1. The summed E-state index contributed by atoms with van der Waals surface area (Å²) in [5.74, 6) is -1.68. The Kier molecular flexibility index (Phi) is 6.79. The van der Waals surface area contributed by atoms with Crippen molar-refractivity contribution in [3.8, 4) is 0 Å². The average molecular weight is 428 g/mol. The summed E-state index contributed by atoms with van der Waals surface area (Å²) in [4.78, 5) is 36.7. The predicted octanol–water partition coefficient (Wildman–Crippen LogP) is 3.51. The maximum atomic E-state index is 13.1. The summed E-state index contributed by atoms with van der Waals surface area (Å²) in [6, 6.07) is 11.3. The monoisotopic (exact) mass is 428 g/mol. The highest BCUT2D eigenvalue weighted by Gasteiger charge is 2.18. The number of aryl methyl sites for hydroxylation is 1. The number of hydrogen-bond donors (Lipinski definition) is 1. The summed E-state index contributed by atoms with van der Waals surface area (Å²) in [5, 5.41) is 4.22. The van der Waals surface area contributed by atoms with Crippen LogP contribution in [0.25, 0.3) is 0 Å². The van der Waals surface area contributed by atoms with Gasteiger partial charge in [0.15, 0.2) is 6.61 Å². The minimum absolute atomic E-state index is 0.302. The molecule has 0 saturated heterocycles. The molecule has 0 saturated carbocycles. The number of hydrogen-bond acceptors (Lipinski definition) is 5. The molecule has 0 radical (unpaired) electrons. The first kappa shape index (κ1) is 21.4. The van der Waals surface area contributed by atoms with E-state index in [0.717, 1.165) is 17.0 Å². The largest absolute Gasteiger partial charge is 0.456 e. The number of ketones is 1. The van der Waals surface area contributed by atoms with E-state index in [9.17, 15) is 18.8 Å². The first-order valence-electron chi connectivity index (χ1n) is 9.27. The minimum Gasteiger partial charge on any atom is -0.456 e. The molecule has 0 aliphatic heterocycles. The van der Waals surface area contributed by atoms with Gasteiger partial charge in [-0.1, -0.05) is 18.2 Å². The number of rotatable bonds is 8. The fraction of sp³-hybridized carbons (Fsp3) is 0.227.